The zero-order valence-electron chi connectivity index (χ0n) is 10.2. The fraction of sp³-hybridized carbons (Fsp3) is 0.545. The molecule has 1 aliphatic rings. The molecule has 1 aliphatic heterocycles. The molecule has 0 radical (unpaired) electrons. The normalized spacial score (nSPS) is 19.7. The lowest BCUT2D eigenvalue weighted by atomic mass is 10.2. The zero-order chi connectivity index (χ0) is 13.9. The average molecular weight is 305 g/mol. The lowest BCUT2D eigenvalue weighted by molar-refractivity contribution is 0.0697. The summed E-state index contributed by atoms with van der Waals surface area (Å²) in [7, 11) is -3.62. The van der Waals surface area contributed by atoms with Gasteiger partial charge >= 0.3 is 5.97 Å². The Morgan fingerprint density at radius 2 is 2.37 bits per heavy atom. The molecule has 2 rings (SSSR count). The van der Waals surface area contributed by atoms with E-state index in [1.807, 2.05) is 0 Å². The van der Waals surface area contributed by atoms with Crippen LogP contribution in [0.4, 0.5) is 0 Å². The van der Waals surface area contributed by atoms with E-state index in [1.54, 1.807) is 0 Å². The van der Waals surface area contributed by atoms with Crippen molar-refractivity contribution in [3.8, 4) is 0 Å². The summed E-state index contributed by atoms with van der Waals surface area (Å²) >= 11 is 0.905. The number of carboxylic acid groups (broad SMARTS) is 1. The molecule has 6 nitrogen and oxygen atoms in total. The summed E-state index contributed by atoms with van der Waals surface area (Å²) in [5.41, 5.74) is -0.00972. The van der Waals surface area contributed by atoms with Crippen LogP contribution in [-0.2, 0) is 14.8 Å². The number of sulfonamides is 1. The molecule has 106 valence electrons. The van der Waals surface area contributed by atoms with Crippen LogP contribution in [0.15, 0.2) is 15.7 Å². The molecule has 1 saturated heterocycles. The van der Waals surface area contributed by atoms with Gasteiger partial charge in [-0.3, -0.25) is 0 Å². The first-order chi connectivity index (χ1) is 8.99. The molecule has 8 heteroatoms. The molecule has 1 aromatic rings. The number of hydrogen-bond donors (Lipinski definition) is 2. The number of ether oxygens (including phenoxy) is 1. The van der Waals surface area contributed by atoms with Gasteiger partial charge in [0.05, 0.1) is 11.7 Å². The molecular formula is C11H15NO5S2. The molecular weight excluding hydrogens is 290 g/mol. The van der Waals surface area contributed by atoms with Gasteiger partial charge in [0.1, 0.15) is 4.21 Å². The van der Waals surface area contributed by atoms with Gasteiger partial charge in [-0.1, -0.05) is 0 Å². The van der Waals surface area contributed by atoms with Crippen molar-refractivity contribution < 1.29 is 23.1 Å². The zero-order valence-corrected chi connectivity index (χ0v) is 11.8. The highest BCUT2D eigenvalue weighted by Gasteiger charge is 2.20. The summed E-state index contributed by atoms with van der Waals surface area (Å²) in [5.74, 6) is -1.13. The van der Waals surface area contributed by atoms with Crippen LogP contribution in [0.3, 0.4) is 0 Å². The van der Waals surface area contributed by atoms with E-state index in [4.69, 9.17) is 9.84 Å². The van der Waals surface area contributed by atoms with Crippen LogP contribution in [0.1, 0.15) is 29.6 Å². The fourth-order valence-corrected chi connectivity index (χ4v) is 4.11. The van der Waals surface area contributed by atoms with Crippen molar-refractivity contribution >= 4 is 27.3 Å². The SMILES string of the molecule is O=C(O)c1csc(S(=O)(=O)NCCC2CCCO2)c1. The molecule has 1 aromatic heterocycles. The number of carboxylic acids is 1. The topological polar surface area (TPSA) is 92.7 Å². The minimum absolute atomic E-state index is 0.00972. The van der Waals surface area contributed by atoms with Gasteiger partial charge in [-0.05, 0) is 25.3 Å². The first-order valence-electron chi connectivity index (χ1n) is 5.92. The lowest BCUT2D eigenvalue weighted by Crippen LogP contribution is -2.26. The molecule has 0 aromatic carbocycles. The first kappa shape index (κ1) is 14.4. The minimum Gasteiger partial charge on any atom is -0.478 e. The second-order valence-electron chi connectivity index (χ2n) is 4.28. The first-order valence-corrected chi connectivity index (χ1v) is 8.28. The van der Waals surface area contributed by atoms with Crippen LogP contribution >= 0.6 is 11.3 Å². The summed E-state index contributed by atoms with van der Waals surface area (Å²) in [6, 6.07) is 1.17. The highest BCUT2D eigenvalue weighted by Crippen LogP contribution is 2.20. The van der Waals surface area contributed by atoms with E-state index in [0.717, 1.165) is 30.8 Å². The maximum Gasteiger partial charge on any atom is 0.336 e. The molecule has 2 N–H and O–H groups in total. The number of nitrogens with one attached hydrogen (secondary N) is 1. The quantitative estimate of drug-likeness (QED) is 0.826. The Balaban J connectivity index is 1.91. The third-order valence-electron chi connectivity index (χ3n) is 2.87. The molecule has 0 amide bonds. The molecule has 19 heavy (non-hydrogen) atoms. The van der Waals surface area contributed by atoms with E-state index < -0.39 is 16.0 Å². The van der Waals surface area contributed by atoms with E-state index in [9.17, 15) is 13.2 Å². The highest BCUT2D eigenvalue weighted by molar-refractivity contribution is 7.91. The number of hydrogen-bond acceptors (Lipinski definition) is 5. The van der Waals surface area contributed by atoms with Crippen LogP contribution in [0.5, 0.6) is 0 Å². The molecule has 0 bridgehead atoms. The summed E-state index contributed by atoms with van der Waals surface area (Å²) in [6.07, 6.45) is 2.74. The predicted molar refractivity (Wildman–Crippen MR) is 70.1 cm³/mol. The van der Waals surface area contributed by atoms with E-state index in [2.05, 4.69) is 4.72 Å². The van der Waals surface area contributed by atoms with Gasteiger partial charge in [0.15, 0.2) is 0 Å². The summed E-state index contributed by atoms with van der Waals surface area (Å²) in [5, 5.41) is 10.1. The Labute approximate surface area is 115 Å². The molecule has 1 atom stereocenters. The monoisotopic (exact) mass is 305 g/mol. The molecule has 2 heterocycles. The third-order valence-corrected chi connectivity index (χ3v) is 5.77. The van der Waals surface area contributed by atoms with Gasteiger partial charge in [0.2, 0.25) is 10.0 Å². The van der Waals surface area contributed by atoms with Crippen LogP contribution in [0, 0.1) is 0 Å². The van der Waals surface area contributed by atoms with Gasteiger partial charge in [0, 0.05) is 18.5 Å². The van der Waals surface area contributed by atoms with Crippen molar-refractivity contribution in [3.05, 3.63) is 17.0 Å². The molecule has 1 unspecified atom stereocenters. The molecule has 0 saturated carbocycles. The van der Waals surface area contributed by atoms with E-state index in [-0.39, 0.29) is 15.9 Å². The third kappa shape index (κ3) is 3.75. The van der Waals surface area contributed by atoms with Crippen LogP contribution in [-0.4, -0.2) is 38.7 Å². The van der Waals surface area contributed by atoms with Crippen molar-refractivity contribution in [2.75, 3.05) is 13.2 Å². The Kier molecular flexibility index (Phi) is 4.56. The van der Waals surface area contributed by atoms with Crippen LogP contribution in [0.2, 0.25) is 0 Å². The average Bonchev–Trinajstić information content (AvgIpc) is 2.99. The predicted octanol–water partition coefficient (Wildman–Crippen LogP) is 1.29. The smallest absolute Gasteiger partial charge is 0.336 e. The number of aromatic carboxylic acids is 1. The molecule has 1 fully saturated rings. The summed E-state index contributed by atoms with van der Waals surface area (Å²) in [4.78, 5) is 10.7. The largest absolute Gasteiger partial charge is 0.478 e. The number of carbonyl (C=O) groups is 1. The number of thiophene rings is 1. The molecule has 0 aliphatic carbocycles. The second kappa shape index (κ2) is 6.00. The van der Waals surface area contributed by atoms with Crippen molar-refractivity contribution in [1.82, 2.24) is 4.72 Å². The Hall–Kier alpha value is -0.960. The highest BCUT2D eigenvalue weighted by atomic mass is 32.2. The standard InChI is InChI=1S/C11H15NO5S2/c13-11(14)8-6-10(18-7-8)19(15,16)12-4-3-9-2-1-5-17-9/h6-7,9,12H,1-5H2,(H,13,14). The van der Waals surface area contributed by atoms with Crippen molar-refractivity contribution in [2.45, 2.75) is 29.6 Å². The lowest BCUT2D eigenvalue weighted by Gasteiger charge is -2.09. The summed E-state index contributed by atoms with van der Waals surface area (Å²) < 4.78 is 31.7. The second-order valence-corrected chi connectivity index (χ2v) is 7.19. The van der Waals surface area contributed by atoms with Gasteiger partial charge in [-0.25, -0.2) is 17.9 Å². The maximum absolute atomic E-state index is 11.9. The Bertz CT molecular complexity index is 545. The summed E-state index contributed by atoms with van der Waals surface area (Å²) in [6.45, 7) is 1.04. The van der Waals surface area contributed by atoms with Gasteiger partial charge in [-0.2, -0.15) is 0 Å². The van der Waals surface area contributed by atoms with Gasteiger partial charge < -0.3 is 9.84 Å². The van der Waals surface area contributed by atoms with E-state index in [1.165, 1.54) is 11.4 Å². The Morgan fingerprint density at radius 1 is 1.58 bits per heavy atom. The van der Waals surface area contributed by atoms with Crippen molar-refractivity contribution in [1.29, 1.82) is 0 Å². The van der Waals surface area contributed by atoms with Gasteiger partial charge in [0.25, 0.3) is 0 Å². The maximum atomic E-state index is 11.9. The fourth-order valence-electron chi connectivity index (χ4n) is 1.87. The minimum atomic E-state index is -3.62. The van der Waals surface area contributed by atoms with Crippen molar-refractivity contribution in [2.24, 2.45) is 0 Å². The Morgan fingerprint density at radius 3 is 2.95 bits per heavy atom. The van der Waals surface area contributed by atoms with Crippen LogP contribution < -0.4 is 4.72 Å². The van der Waals surface area contributed by atoms with E-state index in [0.29, 0.717) is 13.0 Å². The van der Waals surface area contributed by atoms with Gasteiger partial charge in [-0.15, -0.1) is 11.3 Å². The number of rotatable bonds is 6. The van der Waals surface area contributed by atoms with E-state index >= 15 is 0 Å². The van der Waals surface area contributed by atoms with Crippen LogP contribution in [0.25, 0.3) is 0 Å². The molecule has 0 spiro atoms. The van der Waals surface area contributed by atoms with Crippen molar-refractivity contribution in [3.63, 3.8) is 0 Å².